The number of aryl methyl sites for hydroxylation is 1. The molecule has 0 amide bonds. The Morgan fingerprint density at radius 3 is 2.46 bits per heavy atom. The maximum Gasteiger partial charge on any atom is 0.332 e. The quantitative estimate of drug-likeness (QED) is 0.405. The molecule has 0 spiro atoms. The van der Waals surface area contributed by atoms with Crippen molar-refractivity contribution in [1.82, 2.24) is 18.7 Å². The lowest BCUT2D eigenvalue weighted by Crippen LogP contribution is -2.43. The largest absolute Gasteiger partial charge is 0.351 e. The zero-order valence-corrected chi connectivity index (χ0v) is 21.3. The highest BCUT2D eigenvalue weighted by atomic mass is 35.5. The third-order valence-corrected chi connectivity index (χ3v) is 7.49. The SMILES string of the molecule is Cn1c(=O)n(Cc2ccccc2C#N)c(=O)c2c1nc(N[C@H]1CCCC[C@H]1N)n2Cc1ccccc1Cl. The van der Waals surface area contributed by atoms with Gasteiger partial charge >= 0.3 is 5.69 Å². The maximum absolute atomic E-state index is 13.9. The van der Waals surface area contributed by atoms with Crippen molar-refractivity contribution < 1.29 is 0 Å². The summed E-state index contributed by atoms with van der Waals surface area (Å²) in [5.41, 5.74) is 7.79. The zero-order valence-electron chi connectivity index (χ0n) is 20.5. The van der Waals surface area contributed by atoms with E-state index >= 15 is 0 Å². The van der Waals surface area contributed by atoms with Crippen LogP contribution in [0.3, 0.4) is 0 Å². The molecule has 2 aromatic heterocycles. The molecule has 0 saturated heterocycles. The van der Waals surface area contributed by atoms with Gasteiger partial charge in [0.25, 0.3) is 5.56 Å². The van der Waals surface area contributed by atoms with Crippen molar-refractivity contribution in [2.24, 2.45) is 12.8 Å². The number of nitrogens with two attached hydrogens (primary N) is 1. The van der Waals surface area contributed by atoms with E-state index in [1.165, 1.54) is 4.57 Å². The molecule has 1 saturated carbocycles. The first-order valence-corrected chi connectivity index (χ1v) is 12.7. The predicted molar refractivity (Wildman–Crippen MR) is 144 cm³/mol. The summed E-state index contributed by atoms with van der Waals surface area (Å²) in [5, 5.41) is 13.5. The van der Waals surface area contributed by atoms with Crippen LogP contribution in [0.15, 0.2) is 58.1 Å². The molecule has 9 nitrogen and oxygen atoms in total. The second-order valence-electron chi connectivity index (χ2n) is 9.49. The van der Waals surface area contributed by atoms with Gasteiger partial charge in [0, 0.05) is 24.2 Å². The fourth-order valence-electron chi connectivity index (χ4n) is 5.01. The third-order valence-electron chi connectivity index (χ3n) is 7.12. The van der Waals surface area contributed by atoms with Crippen molar-refractivity contribution in [3.63, 3.8) is 0 Å². The van der Waals surface area contributed by atoms with Crippen LogP contribution in [-0.4, -0.2) is 30.8 Å². The Morgan fingerprint density at radius 2 is 1.73 bits per heavy atom. The van der Waals surface area contributed by atoms with E-state index in [1.807, 2.05) is 18.2 Å². The Bertz CT molecular complexity index is 1630. The normalized spacial score (nSPS) is 17.6. The molecule has 10 heteroatoms. The minimum atomic E-state index is -0.506. The minimum Gasteiger partial charge on any atom is -0.351 e. The van der Waals surface area contributed by atoms with E-state index in [-0.39, 0.29) is 36.3 Å². The molecule has 1 aliphatic rings. The van der Waals surface area contributed by atoms with Crippen LogP contribution >= 0.6 is 11.6 Å². The molecular formula is C27H28ClN7O2. The van der Waals surface area contributed by atoms with Gasteiger partial charge in [-0.2, -0.15) is 10.2 Å². The zero-order chi connectivity index (χ0) is 26.1. The van der Waals surface area contributed by atoms with Crippen LogP contribution in [0.2, 0.25) is 5.02 Å². The van der Waals surface area contributed by atoms with Crippen LogP contribution in [0, 0.1) is 11.3 Å². The van der Waals surface area contributed by atoms with Crippen molar-refractivity contribution in [1.29, 1.82) is 5.26 Å². The van der Waals surface area contributed by atoms with Gasteiger partial charge in [0.1, 0.15) is 0 Å². The second-order valence-corrected chi connectivity index (χ2v) is 9.89. The van der Waals surface area contributed by atoms with Gasteiger partial charge in [-0.05, 0) is 36.1 Å². The van der Waals surface area contributed by atoms with Crippen LogP contribution in [0.5, 0.6) is 0 Å². The summed E-state index contributed by atoms with van der Waals surface area (Å²) in [4.78, 5) is 31.9. The lowest BCUT2D eigenvalue weighted by molar-refractivity contribution is 0.401. The monoisotopic (exact) mass is 517 g/mol. The third kappa shape index (κ3) is 4.66. The number of halogens is 1. The van der Waals surface area contributed by atoms with Gasteiger partial charge in [0.2, 0.25) is 5.95 Å². The summed E-state index contributed by atoms with van der Waals surface area (Å²) >= 11 is 6.48. The Balaban J connectivity index is 1.70. The molecule has 3 N–H and O–H groups in total. The molecule has 190 valence electrons. The number of hydrogen-bond acceptors (Lipinski definition) is 6. The van der Waals surface area contributed by atoms with Gasteiger partial charge in [-0.25, -0.2) is 4.79 Å². The molecule has 2 atom stereocenters. The molecule has 2 aromatic carbocycles. The molecule has 0 bridgehead atoms. The average molecular weight is 518 g/mol. The number of rotatable bonds is 6. The molecule has 37 heavy (non-hydrogen) atoms. The molecule has 0 unspecified atom stereocenters. The minimum absolute atomic E-state index is 0.00248. The van der Waals surface area contributed by atoms with Crippen LogP contribution in [0.1, 0.15) is 42.4 Å². The van der Waals surface area contributed by atoms with Crippen LogP contribution in [0.4, 0.5) is 5.95 Å². The molecule has 4 aromatic rings. The molecular weight excluding hydrogens is 490 g/mol. The fourth-order valence-corrected chi connectivity index (χ4v) is 5.21. The van der Waals surface area contributed by atoms with E-state index in [4.69, 9.17) is 22.3 Å². The number of benzene rings is 2. The molecule has 1 fully saturated rings. The highest BCUT2D eigenvalue weighted by Gasteiger charge is 2.26. The van der Waals surface area contributed by atoms with Crippen molar-refractivity contribution >= 4 is 28.7 Å². The van der Waals surface area contributed by atoms with Gasteiger partial charge < -0.3 is 11.1 Å². The summed E-state index contributed by atoms with van der Waals surface area (Å²) < 4.78 is 4.31. The lowest BCUT2D eigenvalue weighted by Gasteiger charge is -2.29. The fraction of sp³-hybridized carbons (Fsp3) is 0.333. The second kappa shape index (κ2) is 10.2. The first-order chi connectivity index (χ1) is 17.9. The van der Waals surface area contributed by atoms with E-state index in [1.54, 1.807) is 41.9 Å². The van der Waals surface area contributed by atoms with E-state index in [9.17, 15) is 14.9 Å². The predicted octanol–water partition coefficient (Wildman–Crippen LogP) is 3.20. The number of fused-ring (bicyclic) bond motifs is 1. The van der Waals surface area contributed by atoms with E-state index in [0.29, 0.717) is 22.1 Å². The molecule has 5 rings (SSSR count). The lowest BCUT2D eigenvalue weighted by atomic mass is 9.91. The van der Waals surface area contributed by atoms with Crippen LogP contribution in [-0.2, 0) is 20.1 Å². The Hall–Kier alpha value is -3.87. The van der Waals surface area contributed by atoms with Crippen LogP contribution < -0.4 is 22.3 Å². The summed E-state index contributed by atoms with van der Waals surface area (Å²) in [6, 6.07) is 16.5. The van der Waals surface area contributed by atoms with E-state index in [2.05, 4.69) is 11.4 Å². The number of nitrogens with one attached hydrogen (secondary N) is 1. The van der Waals surface area contributed by atoms with Crippen molar-refractivity contribution in [2.45, 2.75) is 50.9 Å². The topological polar surface area (TPSA) is 124 Å². The average Bonchev–Trinajstić information content (AvgIpc) is 3.26. The Labute approximate surface area is 218 Å². The summed E-state index contributed by atoms with van der Waals surface area (Å²) in [6.07, 6.45) is 3.94. The van der Waals surface area contributed by atoms with Gasteiger partial charge in [0.15, 0.2) is 11.2 Å². The van der Waals surface area contributed by atoms with Crippen molar-refractivity contribution in [3.05, 3.63) is 91.1 Å². The number of aromatic nitrogens is 4. The standard InChI is InChI=1S/C27H28ClN7O2/c1-33-24-23(25(36)35(27(33)37)15-18-9-3-2-8-17(18)14-29)34(16-19-10-4-5-11-20(19)28)26(32-24)31-22-13-7-6-12-21(22)30/h2-5,8-11,21-22H,6-7,12-13,15-16,30H2,1H3,(H,31,32)/t21-,22+/m1/s1. The smallest absolute Gasteiger partial charge is 0.332 e. The molecule has 2 heterocycles. The maximum atomic E-state index is 13.9. The van der Waals surface area contributed by atoms with Crippen molar-refractivity contribution in [3.8, 4) is 6.07 Å². The first-order valence-electron chi connectivity index (χ1n) is 12.3. The molecule has 0 aliphatic heterocycles. The number of nitriles is 1. The Kier molecular flexibility index (Phi) is 6.87. The van der Waals surface area contributed by atoms with Gasteiger partial charge in [-0.15, -0.1) is 0 Å². The molecule has 1 aliphatic carbocycles. The number of imidazole rings is 1. The van der Waals surface area contributed by atoms with Gasteiger partial charge in [-0.1, -0.05) is 60.8 Å². The molecule has 0 radical (unpaired) electrons. The number of hydrogen-bond donors (Lipinski definition) is 2. The van der Waals surface area contributed by atoms with Gasteiger partial charge in [0.05, 0.1) is 24.7 Å². The number of anilines is 1. The summed E-state index contributed by atoms with van der Waals surface area (Å²) in [7, 11) is 1.60. The van der Waals surface area contributed by atoms with Gasteiger partial charge in [-0.3, -0.25) is 18.5 Å². The highest BCUT2D eigenvalue weighted by molar-refractivity contribution is 6.31. The van der Waals surface area contributed by atoms with E-state index in [0.717, 1.165) is 35.8 Å². The summed E-state index contributed by atoms with van der Waals surface area (Å²) in [6.45, 7) is 0.251. The highest BCUT2D eigenvalue weighted by Crippen LogP contribution is 2.25. The van der Waals surface area contributed by atoms with Crippen molar-refractivity contribution in [2.75, 3.05) is 5.32 Å². The number of nitrogens with zero attached hydrogens (tertiary/aromatic N) is 5. The van der Waals surface area contributed by atoms with E-state index < -0.39 is 11.2 Å². The Morgan fingerprint density at radius 1 is 1.05 bits per heavy atom. The first kappa shape index (κ1) is 24.8. The van der Waals surface area contributed by atoms with Crippen LogP contribution in [0.25, 0.3) is 11.2 Å². The summed E-state index contributed by atoms with van der Waals surface area (Å²) in [5.74, 6) is 0.472.